The van der Waals surface area contributed by atoms with Crippen LogP contribution in [0.25, 0.3) is 17.5 Å². The van der Waals surface area contributed by atoms with Crippen LogP contribution in [0, 0.1) is 0 Å². The van der Waals surface area contributed by atoms with Gasteiger partial charge in [-0.25, -0.2) is 5.10 Å². The summed E-state index contributed by atoms with van der Waals surface area (Å²) in [5.41, 5.74) is 11.3. The second kappa shape index (κ2) is 7.23. The van der Waals surface area contributed by atoms with E-state index in [2.05, 4.69) is 27.5 Å². The highest BCUT2D eigenvalue weighted by molar-refractivity contribution is 5.72. The summed E-state index contributed by atoms with van der Waals surface area (Å²) in [6.07, 6.45) is 7.13. The number of aromatic nitrogens is 3. The number of ether oxygens (including phenoxy) is 1. The zero-order valence-electron chi connectivity index (χ0n) is 14.6. The fraction of sp³-hybridized carbons (Fsp3) is 0.158. The summed E-state index contributed by atoms with van der Waals surface area (Å²) in [6, 6.07) is 3.64. The number of methoxy groups -OCH3 is 1. The zero-order valence-corrected chi connectivity index (χ0v) is 14.6. The summed E-state index contributed by atoms with van der Waals surface area (Å²) >= 11 is 0. The van der Waals surface area contributed by atoms with Crippen LogP contribution < -0.4 is 32.0 Å². The van der Waals surface area contributed by atoms with Crippen LogP contribution in [0.4, 0.5) is 0 Å². The number of rotatable bonds is 4. The van der Waals surface area contributed by atoms with Gasteiger partial charge in [0, 0.05) is 37.1 Å². The summed E-state index contributed by atoms with van der Waals surface area (Å²) in [4.78, 5) is 16.3. The molecule has 0 unspecified atom stereocenters. The lowest BCUT2D eigenvalue weighted by atomic mass is 10.2. The molecule has 0 saturated carbocycles. The molecule has 0 spiro atoms. The molecule has 0 aromatic carbocycles. The minimum atomic E-state index is -0.289. The Labute approximate surface area is 149 Å². The van der Waals surface area contributed by atoms with Crippen LogP contribution in [0.2, 0.25) is 0 Å². The number of aromatic amines is 1. The van der Waals surface area contributed by atoms with Crippen LogP contribution in [0.3, 0.4) is 0 Å². The summed E-state index contributed by atoms with van der Waals surface area (Å²) in [5.74, 6) is 0.704. The van der Waals surface area contributed by atoms with Crippen molar-refractivity contribution in [2.24, 2.45) is 10.7 Å². The Morgan fingerprint density at radius 1 is 1.50 bits per heavy atom. The molecule has 0 fully saturated rings. The third kappa shape index (κ3) is 3.09. The number of hydrogen-bond acceptors (Lipinski definition) is 5. The average molecular weight is 349 g/mol. The lowest BCUT2D eigenvalue weighted by Gasteiger charge is -2.12. The maximum Gasteiger partial charge on any atom is 0.272 e. The van der Waals surface area contributed by atoms with Crippen LogP contribution in [-0.4, -0.2) is 28.9 Å². The van der Waals surface area contributed by atoms with E-state index in [4.69, 9.17) is 10.5 Å². The summed E-state index contributed by atoms with van der Waals surface area (Å²) < 4.78 is 7.07. The van der Waals surface area contributed by atoms with Crippen LogP contribution in [-0.2, 0) is 6.54 Å². The normalized spacial score (nSPS) is 13.2. The van der Waals surface area contributed by atoms with Crippen LogP contribution in [0.5, 0.6) is 5.75 Å². The molecule has 7 heteroatoms. The van der Waals surface area contributed by atoms with Gasteiger partial charge in [0.15, 0.2) is 0 Å². The van der Waals surface area contributed by atoms with Gasteiger partial charge in [-0.1, -0.05) is 12.7 Å². The molecule has 0 radical (unpaired) electrons. The molecule has 7 nitrogen and oxygen atoms in total. The molecule has 1 aliphatic carbocycles. The molecule has 2 aromatic rings. The fourth-order valence-corrected chi connectivity index (χ4v) is 2.66. The molecule has 26 heavy (non-hydrogen) atoms. The van der Waals surface area contributed by atoms with E-state index >= 15 is 0 Å². The van der Waals surface area contributed by atoms with E-state index in [0.717, 1.165) is 5.57 Å². The summed E-state index contributed by atoms with van der Waals surface area (Å²) in [5, 5.41) is 7.50. The Kier molecular flexibility index (Phi) is 4.84. The lowest BCUT2D eigenvalue weighted by molar-refractivity contribution is 0.413. The Bertz CT molecular complexity index is 1190. The fourth-order valence-electron chi connectivity index (χ4n) is 2.66. The first-order valence-electron chi connectivity index (χ1n) is 7.94. The number of hydrogen-bond donors (Lipinski definition) is 2. The van der Waals surface area contributed by atoms with Crippen molar-refractivity contribution in [3.63, 3.8) is 0 Å². The molecular formula is C19H19N5O2. The van der Waals surface area contributed by atoms with Crippen molar-refractivity contribution in [2.75, 3.05) is 14.2 Å². The number of nitrogens with one attached hydrogen (secondary N) is 1. The quantitative estimate of drug-likeness (QED) is 0.770. The average Bonchev–Trinajstić information content (AvgIpc) is 2.91. The number of nitrogens with zero attached hydrogens (tertiary/aromatic N) is 3. The molecule has 2 aromatic heterocycles. The van der Waals surface area contributed by atoms with Gasteiger partial charge in [-0.3, -0.25) is 9.79 Å². The molecule has 0 amide bonds. The van der Waals surface area contributed by atoms with Gasteiger partial charge in [0.2, 0.25) is 0 Å². The van der Waals surface area contributed by atoms with Gasteiger partial charge in [0.05, 0.1) is 23.2 Å². The van der Waals surface area contributed by atoms with E-state index in [1.807, 2.05) is 29.0 Å². The largest absolute Gasteiger partial charge is 0.497 e. The number of pyridine rings is 1. The van der Waals surface area contributed by atoms with Crippen molar-refractivity contribution in [3.05, 3.63) is 74.6 Å². The van der Waals surface area contributed by atoms with Crippen LogP contribution in [0.1, 0.15) is 5.69 Å². The maximum atomic E-state index is 12.1. The van der Waals surface area contributed by atoms with E-state index in [9.17, 15) is 4.79 Å². The molecule has 0 atom stereocenters. The van der Waals surface area contributed by atoms with Crippen molar-refractivity contribution in [1.29, 1.82) is 0 Å². The predicted molar refractivity (Wildman–Crippen MR) is 100 cm³/mol. The third-order valence-corrected chi connectivity index (χ3v) is 4.08. The van der Waals surface area contributed by atoms with Gasteiger partial charge in [0.1, 0.15) is 11.2 Å². The molecule has 2 heterocycles. The Morgan fingerprint density at radius 3 is 3.00 bits per heavy atom. The first kappa shape index (κ1) is 17.4. The van der Waals surface area contributed by atoms with Gasteiger partial charge in [-0.15, -0.1) is 5.73 Å². The molecule has 0 bridgehead atoms. The number of nitrogens with two attached hydrogens (primary N) is 1. The standard InChI is InChI=1S/C19H19N5O2/c1-12(24-9-8-14(26-3)10-18(24)21-2)13-4-6-15-16(7-5-13)19(25)23-22-17(15)11-20/h4-5,7-10H,1,11,20H2,2-3H3,(H,23,25)/b21-18-. The van der Waals surface area contributed by atoms with Gasteiger partial charge in [-0.2, -0.15) is 5.10 Å². The summed E-state index contributed by atoms with van der Waals surface area (Å²) in [6.45, 7) is 4.36. The molecule has 1 aliphatic rings. The van der Waals surface area contributed by atoms with E-state index < -0.39 is 0 Å². The molecule has 132 valence electrons. The second-order valence-electron chi connectivity index (χ2n) is 5.53. The minimum Gasteiger partial charge on any atom is -0.497 e. The van der Waals surface area contributed by atoms with Gasteiger partial charge in [0.25, 0.3) is 5.56 Å². The van der Waals surface area contributed by atoms with Crippen molar-refractivity contribution in [3.8, 4) is 5.75 Å². The highest BCUT2D eigenvalue weighted by Gasteiger charge is 2.07. The van der Waals surface area contributed by atoms with Crippen LogP contribution >= 0.6 is 0 Å². The van der Waals surface area contributed by atoms with E-state index in [1.54, 1.807) is 26.3 Å². The van der Waals surface area contributed by atoms with Crippen molar-refractivity contribution in [1.82, 2.24) is 14.8 Å². The number of allylic oxidation sites excluding steroid dienone is 4. The third-order valence-electron chi connectivity index (χ3n) is 4.08. The Balaban J connectivity index is 2.17. The first-order valence-corrected chi connectivity index (χ1v) is 7.94. The smallest absolute Gasteiger partial charge is 0.272 e. The molecular weight excluding hydrogens is 330 g/mol. The SMILES string of the molecule is C=C(C1=CC=c2c(=O)[nH]nc(CN)c2=C=C1)n1ccc(OC)c/c1=N/C. The molecule has 0 aliphatic heterocycles. The maximum absolute atomic E-state index is 12.1. The van der Waals surface area contributed by atoms with Gasteiger partial charge in [-0.05, 0) is 18.2 Å². The zero-order chi connectivity index (χ0) is 18.7. The number of H-pyrrole nitrogens is 1. The Morgan fingerprint density at radius 2 is 2.31 bits per heavy atom. The van der Waals surface area contributed by atoms with Gasteiger partial charge < -0.3 is 15.0 Å². The highest BCUT2D eigenvalue weighted by Crippen LogP contribution is 2.15. The topological polar surface area (TPSA) is 98.3 Å². The van der Waals surface area contributed by atoms with E-state index in [-0.39, 0.29) is 12.1 Å². The second-order valence-corrected chi connectivity index (χ2v) is 5.53. The van der Waals surface area contributed by atoms with Gasteiger partial charge >= 0.3 is 0 Å². The van der Waals surface area contributed by atoms with E-state index in [1.165, 1.54) is 0 Å². The van der Waals surface area contributed by atoms with Crippen molar-refractivity contribution in [2.45, 2.75) is 6.54 Å². The lowest BCUT2D eigenvalue weighted by Crippen LogP contribution is -2.44. The predicted octanol–water partition coefficient (Wildman–Crippen LogP) is -0.604. The minimum absolute atomic E-state index is 0.205. The van der Waals surface area contributed by atoms with Crippen molar-refractivity contribution < 1.29 is 4.74 Å². The van der Waals surface area contributed by atoms with Crippen molar-refractivity contribution >= 4 is 17.5 Å². The monoisotopic (exact) mass is 349 g/mol. The number of fused-ring (bicyclic) bond motifs is 1. The highest BCUT2D eigenvalue weighted by atomic mass is 16.5. The molecule has 0 saturated heterocycles. The first-order chi connectivity index (χ1) is 12.6. The van der Waals surface area contributed by atoms with Crippen LogP contribution in [0.15, 0.2) is 52.4 Å². The Hall–Kier alpha value is -3.41. The van der Waals surface area contributed by atoms with E-state index in [0.29, 0.717) is 33.1 Å². The summed E-state index contributed by atoms with van der Waals surface area (Å²) in [7, 11) is 3.30. The molecule has 3 N–H and O–H groups in total. The molecule has 3 rings (SSSR count).